The highest BCUT2D eigenvalue weighted by Gasteiger charge is 2.49. The van der Waals surface area contributed by atoms with E-state index in [0.29, 0.717) is 18.4 Å². The number of aromatic hydroxyl groups is 1. The normalized spacial score (nSPS) is 22.4. The monoisotopic (exact) mass is 682 g/mol. The van der Waals surface area contributed by atoms with Gasteiger partial charge in [-0.25, -0.2) is 26.9 Å². The lowest BCUT2D eigenvalue weighted by molar-refractivity contribution is 0.0156. The third kappa shape index (κ3) is 6.03. The molecule has 7 rings (SSSR count). The van der Waals surface area contributed by atoms with Crippen molar-refractivity contribution in [2.24, 2.45) is 0 Å². The van der Waals surface area contributed by atoms with Gasteiger partial charge in [0.05, 0.1) is 30.3 Å². The maximum Gasteiger partial charge on any atom is 0.319 e. The fourth-order valence-corrected chi connectivity index (χ4v) is 7.36. The van der Waals surface area contributed by atoms with Gasteiger partial charge in [0.25, 0.3) is 5.92 Å². The molecule has 0 spiro atoms. The van der Waals surface area contributed by atoms with Crippen molar-refractivity contribution in [2.45, 2.75) is 56.8 Å². The van der Waals surface area contributed by atoms with Crippen molar-refractivity contribution in [3.8, 4) is 41.2 Å². The SMILES string of the molecule is C#Cc1c(F)ccc2cc(O)cc(-c3nc(OC(C)C)c4c(N5CCNCC(F)(F)C5)nc(OC[C@@]56CCCN5C[C@H](F)C6)nc4c3F)c12. The van der Waals surface area contributed by atoms with Crippen LogP contribution >= 0.6 is 0 Å². The zero-order valence-corrected chi connectivity index (χ0v) is 27.0. The van der Waals surface area contributed by atoms with E-state index in [1.54, 1.807) is 13.8 Å². The van der Waals surface area contributed by atoms with Crippen molar-refractivity contribution in [2.75, 3.05) is 50.8 Å². The van der Waals surface area contributed by atoms with Gasteiger partial charge in [0.1, 0.15) is 46.8 Å². The fraction of sp³-hybridized carbons (Fsp3) is 0.457. The molecule has 3 saturated heterocycles. The Bertz CT molecular complexity index is 1990. The Morgan fingerprint density at radius 2 is 1.96 bits per heavy atom. The molecule has 2 aromatic heterocycles. The Morgan fingerprint density at radius 3 is 2.73 bits per heavy atom. The molecule has 0 amide bonds. The molecule has 9 nitrogen and oxygen atoms in total. The number of ether oxygens (including phenoxy) is 2. The summed E-state index contributed by atoms with van der Waals surface area (Å²) in [5, 5.41) is 13.7. The van der Waals surface area contributed by atoms with Crippen molar-refractivity contribution >= 4 is 27.5 Å². The van der Waals surface area contributed by atoms with Crippen LogP contribution in [0.2, 0.25) is 0 Å². The van der Waals surface area contributed by atoms with Crippen LogP contribution in [0.5, 0.6) is 17.6 Å². The van der Waals surface area contributed by atoms with Gasteiger partial charge in [-0.05, 0) is 56.8 Å². The van der Waals surface area contributed by atoms with E-state index in [4.69, 9.17) is 15.9 Å². The molecule has 258 valence electrons. The van der Waals surface area contributed by atoms with Crippen molar-refractivity contribution < 1.29 is 36.5 Å². The first-order valence-corrected chi connectivity index (χ1v) is 16.2. The summed E-state index contributed by atoms with van der Waals surface area (Å²) in [7, 11) is 0. The first kappa shape index (κ1) is 33.0. The van der Waals surface area contributed by atoms with Crippen molar-refractivity contribution in [3.05, 3.63) is 41.5 Å². The van der Waals surface area contributed by atoms with E-state index in [2.05, 4.69) is 26.2 Å². The fourth-order valence-electron chi connectivity index (χ4n) is 7.36. The van der Waals surface area contributed by atoms with Crippen LogP contribution in [0, 0.1) is 24.0 Å². The third-order valence-electron chi connectivity index (χ3n) is 9.41. The molecule has 3 aliphatic heterocycles. The van der Waals surface area contributed by atoms with Crippen molar-refractivity contribution in [3.63, 3.8) is 0 Å². The lowest BCUT2D eigenvalue weighted by Gasteiger charge is -2.31. The minimum absolute atomic E-state index is 0.00694. The van der Waals surface area contributed by atoms with Gasteiger partial charge in [-0.1, -0.05) is 12.0 Å². The zero-order valence-electron chi connectivity index (χ0n) is 27.0. The maximum atomic E-state index is 17.1. The summed E-state index contributed by atoms with van der Waals surface area (Å²) in [6.07, 6.45) is 5.93. The molecule has 3 fully saturated rings. The number of phenolic OH excluding ortho intramolecular Hbond substituents is 1. The Balaban J connectivity index is 1.47. The largest absolute Gasteiger partial charge is 0.508 e. The molecule has 49 heavy (non-hydrogen) atoms. The highest BCUT2D eigenvalue weighted by atomic mass is 19.3. The maximum absolute atomic E-state index is 17.1. The lowest BCUT2D eigenvalue weighted by Crippen LogP contribution is -2.43. The molecule has 0 unspecified atom stereocenters. The predicted octanol–water partition coefficient (Wildman–Crippen LogP) is 5.60. The number of terminal acetylenes is 1. The Kier molecular flexibility index (Phi) is 8.39. The number of rotatable bonds is 7. The Labute approximate surface area is 279 Å². The minimum Gasteiger partial charge on any atom is -0.508 e. The molecule has 2 atom stereocenters. The number of hydrogen-bond acceptors (Lipinski definition) is 9. The van der Waals surface area contributed by atoms with Gasteiger partial charge in [0.2, 0.25) is 5.88 Å². The van der Waals surface area contributed by atoms with E-state index in [0.717, 1.165) is 12.5 Å². The average Bonchev–Trinajstić information content (AvgIpc) is 3.50. The van der Waals surface area contributed by atoms with Crippen molar-refractivity contribution in [1.29, 1.82) is 0 Å². The van der Waals surface area contributed by atoms with Gasteiger partial charge < -0.3 is 24.8 Å². The standard InChI is InChI=1S/C35H35F5N6O3/c1-4-23-25(37)7-6-20-12-22(47)13-24(26(20)23)29-28(38)30-27(32(42-29)49-19(2)3)31(45-11-9-41-16-35(39,40)17-45)44-33(43-30)48-18-34-8-5-10-46(34)15-21(36)14-34/h1,6-7,12-13,19,21,41,47H,5,8-11,14-18H2,2-3H3/t21-,34+/m1/s1. The Hall–Kier alpha value is -4.48. The quantitative estimate of drug-likeness (QED) is 0.191. The molecule has 3 aliphatic rings. The predicted molar refractivity (Wildman–Crippen MR) is 174 cm³/mol. The van der Waals surface area contributed by atoms with E-state index in [1.807, 2.05) is 4.90 Å². The number of benzene rings is 2. The Morgan fingerprint density at radius 1 is 1.14 bits per heavy atom. The van der Waals surface area contributed by atoms with E-state index < -0.39 is 48.5 Å². The summed E-state index contributed by atoms with van der Waals surface area (Å²) < 4.78 is 88.8. The van der Waals surface area contributed by atoms with Gasteiger partial charge in [-0.2, -0.15) is 9.97 Å². The van der Waals surface area contributed by atoms with Gasteiger partial charge in [0, 0.05) is 37.0 Å². The summed E-state index contributed by atoms with van der Waals surface area (Å²) >= 11 is 0. The number of fused-ring (bicyclic) bond motifs is 3. The summed E-state index contributed by atoms with van der Waals surface area (Å²) in [6, 6.07) is 4.82. The topological polar surface area (TPSA) is 95.9 Å². The number of nitrogens with one attached hydrogen (secondary N) is 1. The molecule has 4 aromatic rings. The summed E-state index contributed by atoms with van der Waals surface area (Å²) in [5.74, 6) is -3.13. The van der Waals surface area contributed by atoms with Crippen LogP contribution in [0.4, 0.5) is 27.8 Å². The number of phenols is 1. The molecule has 2 aromatic carbocycles. The van der Waals surface area contributed by atoms with E-state index in [1.165, 1.54) is 23.1 Å². The number of nitrogens with zero attached hydrogens (tertiary/aromatic N) is 5. The second-order valence-electron chi connectivity index (χ2n) is 13.3. The van der Waals surface area contributed by atoms with Crippen LogP contribution in [-0.4, -0.2) is 94.6 Å². The van der Waals surface area contributed by atoms with Crippen LogP contribution in [0.1, 0.15) is 38.7 Å². The second-order valence-corrected chi connectivity index (χ2v) is 13.3. The van der Waals surface area contributed by atoms with Crippen molar-refractivity contribution in [1.82, 2.24) is 25.2 Å². The van der Waals surface area contributed by atoms with Crippen LogP contribution in [0.3, 0.4) is 0 Å². The molecule has 14 heteroatoms. The third-order valence-corrected chi connectivity index (χ3v) is 9.41. The average molecular weight is 683 g/mol. The smallest absolute Gasteiger partial charge is 0.319 e. The van der Waals surface area contributed by atoms with Gasteiger partial charge in [-0.15, -0.1) is 6.42 Å². The van der Waals surface area contributed by atoms with E-state index >= 15 is 4.39 Å². The number of hydrogen-bond donors (Lipinski definition) is 2. The highest BCUT2D eigenvalue weighted by Crippen LogP contribution is 2.44. The first-order valence-electron chi connectivity index (χ1n) is 16.2. The van der Waals surface area contributed by atoms with Crippen LogP contribution in [0.15, 0.2) is 24.3 Å². The molecular weight excluding hydrogens is 647 g/mol. The molecular formula is C35H35F5N6O3. The molecule has 5 heterocycles. The lowest BCUT2D eigenvalue weighted by atomic mass is 9.95. The molecule has 2 N–H and O–H groups in total. The first-order chi connectivity index (χ1) is 23.4. The van der Waals surface area contributed by atoms with Gasteiger partial charge >= 0.3 is 6.01 Å². The number of halogens is 5. The molecule has 0 radical (unpaired) electrons. The van der Waals surface area contributed by atoms with Crippen LogP contribution in [0.25, 0.3) is 32.9 Å². The number of anilines is 1. The van der Waals surface area contributed by atoms with E-state index in [9.17, 15) is 22.7 Å². The van der Waals surface area contributed by atoms with Crippen LogP contribution in [-0.2, 0) is 0 Å². The molecule has 0 saturated carbocycles. The number of aromatic nitrogens is 3. The van der Waals surface area contributed by atoms with Gasteiger partial charge in [-0.3, -0.25) is 4.90 Å². The van der Waals surface area contributed by atoms with E-state index in [-0.39, 0.29) is 89.2 Å². The van der Waals surface area contributed by atoms with Gasteiger partial charge in [0.15, 0.2) is 5.82 Å². The molecule has 0 bridgehead atoms. The summed E-state index contributed by atoms with van der Waals surface area (Å²) in [5.41, 5.74) is -1.53. The summed E-state index contributed by atoms with van der Waals surface area (Å²) in [4.78, 5) is 16.9. The van der Waals surface area contributed by atoms with Crippen LogP contribution < -0.4 is 19.7 Å². The summed E-state index contributed by atoms with van der Waals surface area (Å²) in [6.45, 7) is 3.35. The number of alkyl halides is 3. The molecule has 0 aliphatic carbocycles. The zero-order chi connectivity index (χ0) is 34.7. The minimum atomic E-state index is -3.17. The number of pyridine rings is 1. The second kappa shape index (κ2) is 12.4. The highest BCUT2D eigenvalue weighted by molar-refractivity contribution is 6.04.